The van der Waals surface area contributed by atoms with Crippen LogP contribution in [0.25, 0.3) is 24.3 Å². The van der Waals surface area contributed by atoms with Crippen molar-refractivity contribution in [2.45, 2.75) is 0 Å². The summed E-state index contributed by atoms with van der Waals surface area (Å²) in [4.78, 5) is 0. The minimum atomic E-state index is 0.708. The van der Waals surface area contributed by atoms with E-state index in [1.165, 1.54) is 0 Å². The normalized spacial score (nSPS) is 11.3. The van der Waals surface area contributed by atoms with Gasteiger partial charge in [-0.2, -0.15) is 0 Å². The van der Waals surface area contributed by atoms with Crippen molar-refractivity contribution >= 4 is 56.2 Å². The van der Waals surface area contributed by atoms with E-state index in [9.17, 15) is 0 Å². The molecule has 0 aliphatic carbocycles. The maximum absolute atomic E-state index is 5.67. The zero-order valence-corrected chi connectivity index (χ0v) is 18.8. The molecule has 0 saturated heterocycles. The average molecular weight is 500 g/mol. The molecule has 0 amide bonds. The molecule has 2 nitrogen and oxygen atoms in total. The van der Waals surface area contributed by atoms with Gasteiger partial charge in [0, 0.05) is 20.1 Å². The first kappa shape index (κ1) is 20.4. The molecule has 28 heavy (non-hydrogen) atoms. The van der Waals surface area contributed by atoms with Crippen LogP contribution in [0.3, 0.4) is 0 Å². The smallest absolute Gasteiger partial charge is 0.168 e. The fourth-order valence-electron chi connectivity index (χ4n) is 2.86. The highest BCUT2D eigenvalue weighted by molar-refractivity contribution is 9.10. The molecule has 142 valence electrons. The van der Waals surface area contributed by atoms with Crippen molar-refractivity contribution in [3.63, 3.8) is 0 Å². The lowest BCUT2D eigenvalue weighted by Crippen LogP contribution is -1.95. The maximum Gasteiger partial charge on any atom is 0.168 e. The molecular formula is C24H20Br2O2. The van der Waals surface area contributed by atoms with Gasteiger partial charge in [-0.15, -0.1) is 0 Å². The lowest BCUT2D eigenvalue weighted by Gasteiger charge is -2.13. The van der Waals surface area contributed by atoms with Gasteiger partial charge in [0.05, 0.1) is 14.2 Å². The van der Waals surface area contributed by atoms with E-state index >= 15 is 0 Å². The Bertz CT molecular complexity index is 940. The Morgan fingerprint density at radius 3 is 1.25 bits per heavy atom. The molecule has 4 heteroatoms. The molecule has 3 aromatic carbocycles. The summed E-state index contributed by atoms with van der Waals surface area (Å²) < 4.78 is 13.4. The summed E-state index contributed by atoms with van der Waals surface area (Å²) in [5, 5.41) is 0. The number of hydrogen-bond acceptors (Lipinski definition) is 2. The van der Waals surface area contributed by atoms with Crippen molar-refractivity contribution < 1.29 is 9.47 Å². The van der Waals surface area contributed by atoms with Crippen molar-refractivity contribution in [2.75, 3.05) is 14.2 Å². The van der Waals surface area contributed by atoms with E-state index in [4.69, 9.17) is 9.47 Å². The first-order valence-corrected chi connectivity index (χ1v) is 10.3. The van der Waals surface area contributed by atoms with E-state index in [1.54, 1.807) is 14.2 Å². The Morgan fingerprint density at radius 2 is 0.893 bits per heavy atom. The van der Waals surface area contributed by atoms with Crippen molar-refractivity contribution in [2.24, 2.45) is 0 Å². The number of ether oxygens (including phenoxy) is 2. The molecule has 0 radical (unpaired) electrons. The van der Waals surface area contributed by atoms with Crippen LogP contribution in [0.5, 0.6) is 11.5 Å². The Kier molecular flexibility index (Phi) is 7.12. The molecule has 0 aliphatic heterocycles. The van der Waals surface area contributed by atoms with E-state index < -0.39 is 0 Å². The second-order valence-electron chi connectivity index (χ2n) is 6.02. The van der Waals surface area contributed by atoms with Crippen molar-refractivity contribution in [3.05, 3.63) is 91.9 Å². The number of methoxy groups -OCH3 is 2. The minimum absolute atomic E-state index is 0.708. The molecule has 0 aliphatic rings. The van der Waals surface area contributed by atoms with Crippen LogP contribution in [0.4, 0.5) is 0 Å². The van der Waals surface area contributed by atoms with Crippen LogP contribution in [-0.2, 0) is 0 Å². The van der Waals surface area contributed by atoms with Crippen LogP contribution in [0.2, 0.25) is 0 Å². The number of benzene rings is 3. The van der Waals surface area contributed by atoms with Crippen molar-refractivity contribution in [1.82, 2.24) is 0 Å². The standard InChI is InChI=1S/C24H20Br2O2/c1-27-23-19(13-11-17-7-3-5-9-21(17)25)15-16-20(24(23)28-2)14-12-18-8-4-6-10-22(18)26/h3-16H,1-2H3/b13-11-,14-12-. The molecular weight excluding hydrogens is 480 g/mol. The summed E-state index contributed by atoms with van der Waals surface area (Å²) in [5.41, 5.74) is 4.10. The highest BCUT2D eigenvalue weighted by Gasteiger charge is 2.12. The second kappa shape index (κ2) is 9.76. The highest BCUT2D eigenvalue weighted by atomic mass is 79.9. The summed E-state index contributed by atoms with van der Waals surface area (Å²) in [7, 11) is 3.32. The first-order chi connectivity index (χ1) is 13.6. The van der Waals surface area contributed by atoms with Gasteiger partial charge in [-0.3, -0.25) is 0 Å². The summed E-state index contributed by atoms with van der Waals surface area (Å²) >= 11 is 7.15. The molecule has 0 N–H and O–H groups in total. The predicted octanol–water partition coefficient (Wildman–Crippen LogP) is 7.57. The Balaban J connectivity index is 1.97. The van der Waals surface area contributed by atoms with Gasteiger partial charge in [0.15, 0.2) is 11.5 Å². The van der Waals surface area contributed by atoms with Gasteiger partial charge in [-0.05, 0) is 23.3 Å². The third-order valence-corrected chi connectivity index (χ3v) is 5.72. The third-order valence-electron chi connectivity index (χ3n) is 4.28. The molecule has 0 bridgehead atoms. The fraction of sp³-hybridized carbons (Fsp3) is 0.0833. The summed E-state index contributed by atoms with van der Waals surface area (Å²) in [6.07, 6.45) is 8.17. The van der Waals surface area contributed by atoms with E-state index in [0.717, 1.165) is 31.2 Å². The van der Waals surface area contributed by atoms with Crippen LogP contribution in [0.1, 0.15) is 22.3 Å². The Labute approximate surface area is 182 Å². The summed E-state index contributed by atoms with van der Waals surface area (Å²) in [6.45, 7) is 0. The lowest BCUT2D eigenvalue weighted by molar-refractivity contribution is 0.354. The highest BCUT2D eigenvalue weighted by Crippen LogP contribution is 2.37. The molecule has 0 spiro atoms. The van der Waals surface area contributed by atoms with E-state index in [1.807, 2.05) is 60.7 Å². The van der Waals surface area contributed by atoms with Gasteiger partial charge in [0.2, 0.25) is 0 Å². The first-order valence-electron chi connectivity index (χ1n) is 8.74. The van der Waals surface area contributed by atoms with Crippen LogP contribution in [0, 0.1) is 0 Å². The number of rotatable bonds is 6. The van der Waals surface area contributed by atoms with Gasteiger partial charge in [0.1, 0.15) is 0 Å². The quantitative estimate of drug-likeness (QED) is 0.325. The van der Waals surface area contributed by atoms with Gasteiger partial charge >= 0.3 is 0 Å². The fourth-order valence-corrected chi connectivity index (χ4v) is 3.69. The zero-order chi connectivity index (χ0) is 19.9. The second-order valence-corrected chi connectivity index (χ2v) is 7.73. The molecule has 3 aromatic rings. The third kappa shape index (κ3) is 4.75. The van der Waals surface area contributed by atoms with Crippen molar-refractivity contribution in [1.29, 1.82) is 0 Å². The molecule has 0 fully saturated rings. The van der Waals surface area contributed by atoms with Crippen LogP contribution >= 0.6 is 31.9 Å². The Hall–Kier alpha value is -2.30. The van der Waals surface area contributed by atoms with E-state index in [2.05, 4.69) is 56.1 Å². The van der Waals surface area contributed by atoms with E-state index in [-0.39, 0.29) is 0 Å². The van der Waals surface area contributed by atoms with Gasteiger partial charge in [-0.1, -0.05) is 105 Å². The monoisotopic (exact) mass is 498 g/mol. The number of hydrogen-bond donors (Lipinski definition) is 0. The Morgan fingerprint density at radius 1 is 0.536 bits per heavy atom. The SMILES string of the molecule is COc1c(/C=C\c2ccccc2Br)ccc(/C=C\c2ccccc2Br)c1OC. The minimum Gasteiger partial charge on any atom is -0.492 e. The van der Waals surface area contributed by atoms with Gasteiger partial charge < -0.3 is 9.47 Å². The zero-order valence-electron chi connectivity index (χ0n) is 15.7. The molecule has 0 heterocycles. The van der Waals surface area contributed by atoms with E-state index in [0.29, 0.717) is 11.5 Å². The molecule has 0 unspecified atom stereocenters. The van der Waals surface area contributed by atoms with Crippen LogP contribution in [-0.4, -0.2) is 14.2 Å². The maximum atomic E-state index is 5.67. The van der Waals surface area contributed by atoms with Crippen LogP contribution < -0.4 is 9.47 Å². The topological polar surface area (TPSA) is 18.5 Å². The lowest BCUT2D eigenvalue weighted by atomic mass is 10.1. The molecule has 0 saturated carbocycles. The summed E-state index contributed by atoms with van der Waals surface area (Å²) in [5.74, 6) is 1.42. The van der Waals surface area contributed by atoms with Gasteiger partial charge in [-0.25, -0.2) is 0 Å². The molecule has 3 rings (SSSR count). The molecule has 0 atom stereocenters. The van der Waals surface area contributed by atoms with Gasteiger partial charge in [0.25, 0.3) is 0 Å². The largest absolute Gasteiger partial charge is 0.492 e. The summed E-state index contributed by atoms with van der Waals surface area (Å²) in [6, 6.07) is 20.2. The van der Waals surface area contributed by atoms with Crippen LogP contribution in [0.15, 0.2) is 69.6 Å². The molecule has 0 aromatic heterocycles. The number of halogens is 2. The predicted molar refractivity (Wildman–Crippen MR) is 126 cm³/mol. The average Bonchev–Trinajstić information content (AvgIpc) is 2.72. The van der Waals surface area contributed by atoms with Crippen molar-refractivity contribution in [3.8, 4) is 11.5 Å².